The third-order valence-corrected chi connectivity index (χ3v) is 4.00. The second-order valence-electron chi connectivity index (χ2n) is 5.46. The van der Waals surface area contributed by atoms with Gasteiger partial charge in [-0.25, -0.2) is 4.98 Å². The van der Waals surface area contributed by atoms with Crippen LogP contribution in [0, 0.1) is 6.92 Å². The number of nitrogens with one attached hydrogen (secondary N) is 1. The minimum Gasteiger partial charge on any atom is -0.351 e. The number of hydrogen-bond acceptors (Lipinski definition) is 3. The molecule has 0 bridgehead atoms. The van der Waals surface area contributed by atoms with Crippen molar-refractivity contribution in [2.24, 2.45) is 0 Å². The predicted octanol–water partition coefficient (Wildman–Crippen LogP) is 2.49. The van der Waals surface area contributed by atoms with Crippen molar-refractivity contribution in [3.05, 3.63) is 35.8 Å². The summed E-state index contributed by atoms with van der Waals surface area (Å²) in [4.78, 5) is 19.2. The van der Waals surface area contributed by atoms with Crippen LogP contribution in [0.2, 0.25) is 0 Å². The monoisotopic (exact) mass is 302 g/mol. The number of fused-ring (bicyclic) bond motifs is 1. The smallest absolute Gasteiger partial charge is 0.270 e. The number of nitrogens with zero attached hydrogens (tertiary/aromatic N) is 3. The molecule has 0 saturated heterocycles. The number of aryl methyl sites for hydroxylation is 1. The number of carbonyl (C=O) groups is 1. The third kappa shape index (κ3) is 3.85. The molecule has 5 heteroatoms. The van der Waals surface area contributed by atoms with Gasteiger partial charge < -0.3 is 10.2 Å². The second kappa shape index (κ2) is 7.94. The van der Waals surface area contributed by atoms with Gasteiger partial charge in [0.1, 0.15) is 11.3 Å². The largest absolute Gasteiger partial charge is 0.351 e. The molecule has 0 aromatic carbocycles. The van der Waals surface area contributed by atoms with Gasteiger partial charge in [-0.15, -0.1) is 0 Å². The van der Waals surface area contributed by atoms with Crippen molar-refractivity contribution in [3.63, 3.8) is 0 Å². The maximum atomic E-state index is 12.4. The SMILES string of the molecule is CCN(CC)CCCCNC(=O)c1c(C)nc2ccccn12. The molecule has 0 atom stereocenters. The lowest BCUT2D eigenvalue weighted by atomic mass is 10.2. The van der Waals surface area contributed by atoms with Crippen molar-refractivity contribution >= 4 is 11.6 Å². The fourth-order valence-electron chi connectivity index (χ4n) is 2.67. The normalized spacial score (nSPS) is 11.3. The lowest BCUT2D eigenvalue weighted by molar-refractivity contribution is 0.0946. The Bertz CT molecular complexity index is 616. The number of pyridine rings is 1. The summed E-state index contributed by atoms with van der Waals surface area (Å²) in [6.07, 6.45) is 3.98. The second-order valence-corrected chi connectivity index (χ2v) is 5.46. The van der Waals surface area contributed by atoms with E-state index in [2.05, 4.69) is 29.0 Å². The van der Waals surface area contributed by atoms with Gasteiger partial charge >= 0.3 is 0 Å². The summed E-state index contributed by atoms with van der Waals surface area (Å²) in [6, 6.07) is 5.75. The van der Waals surface area contributed by atoms with Crippen LogP contribution in [0.25, 0.3) is 5.65 Å². The van der Waals surface area contributed by atoms with E-state index in [4.69, 9.17) is 0 Å². The maximum Gasteiger partial charge on any atom is 0.270 e. The van der Waals surface area contributed by atoms with Gasteiger partial charge in [0.2, 0.25) is 0 Å². The molecular formula is C17H26N4O. The number of rotatable bonds is 8. The first-order chi connectivity index (χ1) is 10.7. The van der Waals surface area contributed by atoms with Crippen molar-refractivity contribution in [3.8, 4) is 0 Å². The Morgan fingerprint density at radius 3 is 2.77 bits per heavy atom. The fourth-order valence-corrected chi connectivity index (χ4v) is 2.67. The molecule has 0 aliphatic heterocycles. The summed E-state index contributed by atoms with van der Waals surface area (Å²) < 4.78 is 1.85. The van der Waals surface area contributed by atoms with E-state index >= 15 is 0 Å². The molecule has 0 spiro atoms. The average molecular weight is 302 g/mol. The van der Waals surface area contributed by atoms with Crippen molar-refractivity contribution in [2.45, 2.75) is 33.6 Å². The van der Waals surface area contributed by atoms with E-state index < -0.39 is 0 Å². The minimum absolute atomic E-state index is 0.0426. The number of aromatic nitrogens is 2. The predicted molar refractivity (Wildman–Crippen MR) is 89.3 cm³/mol. The standard InChI is InChI=1S/C17H26N4O/c1-4-20(5-2)12-9-7-11-18-17(22)16-14(3)19-15-10-6-8-13-21(15)16/h6,8,10,13H,4-5,7,9,11-12H2,1-3H3,(H,18,22). The summed E-state index contributed by atoms with van der Waals surface area (Å²) in [5.74, 6) is -0.0426. The first kappa shape index (κ1) is 16.5. The first-order valence-corrected chi connectivity index (χ1v) is 8.11. The van der Waals surface area contributed by atoms with E-state index in [1.54, 1.807) is 0 Å². The molecular weight excluding hydrogens is 276 g/mol. The maximum absolute atomic E-state index is 12.4. The minimum atomic E-state index is -0.0426. The molecule has 2 rings (SSSR count). The van der Waals surface area contributed by atoms with Crippen molar-refractivity contribution in [2.75, 3.05) is 26.2 Å². The summed E-state index contributed by atoms with van der Waals surface area (Å²) in [6.45, 7) is 10.2. The molecule has 5 nitrogen and oxygen atoms in total. The van der Waals surface area contributed by atoms with Crippen LogP contribution in [0.1, 0.15) is 42.9 Å². The van der Waals surface area contributed by atoms with Gasteiger partial charge in [-0.05, 0) is 51.5 Å². The van der Waals surface area contributed by atoms with Crippen LogP contribution in [0.4, 0.5) is 0 Å². The van der Waals surface area contributed by atoms with Crippen LogP contribution in [-0.4, -0.2) is 46.4 Å². The van der Waals surface area contributed by atoms with Crippen LogP contribution in [0.3, 0.4) is 0 Å². The molecule has 2 aromatic rings. The van der Waals surface area contributed by atoms with Crippen molar-refractivity contribution in [1.82, 2.24) is 19.6 Å². The third-order valence-electron chi connectivity index (χ3n) is 4.00. The van der Waals surface area contributed by atoms with E-state index in [1.165, 1.54) is 0 Å². The Hall–Kier alpha value is -1.88. The molecule has 120 valence electrons. The molecule has 2 heterocycles. The molecule has 0 radical (unpaired) electrons. The molecule has 0 unspecified atom stereocenters. The lowest BCUT2D eigenvalue weighted by Gasteiger charge is -2.17. The van der Waals surface area contributed by atoms with E-state index in [1.807, 2.05) is 35.7 Å². The Kier molecular flexibility index (Phi) is 5.95. The number of amides is 1. The highest BCUT2D eigenvalue weighted by molar-refractivity contribution is 5.94. The number of hydrogen-bond donors (Lipinski definition) is 1. The average Bonchev–Trinajstić information content (AvgIpc) is 2.86. The highest BCUT2D eigenvalue weighted by Gasteiger charge is 2.15. The topological polar surface area (TPSA) is 49.6 Å². The lowest BCUT2D eigenvalue weighted by Crippen LogP contribution is -2.28. The summed E-state index contributed by atoms with van der Waals surface area (Å²) >= 11 is 0. The Balaban J connectivity index is 1.86. The van der Waals surface area contributed by atoms with Gasteiger partial charge in [-0.1, -0.05) is 19.9 Å². The molecule has 0 fully saturated rings. The molecule has 0 aliphatic carbocycles. The molecule has 1 amide bonds. The van der Waals surface area contributed by atoms with Gasteiger partial charge in [0.25, 0.3) is 5.91 Å². The molecule has 0 saturated carbocycles. The Morgan fingerprint density at radius 2 is 2.05 bits per heavy atom. The zero-order chi connectivity index (χ0) is 15.9. The highest BCUT2D eigenvalue weighted by Crippen LogP contribution is 2.11. The van der Waals surface area contributed by atoms with Crippen LogP contribution < -0.4 is 5.32 Å². The van der Waals surface area contributed by atoms with Crippen LogP contribution >= 0.6 is 0 Å². The zero-order valence-corrected chi connectivity index (χ0v) is 13.8. The van der Waals surface area contributed by atoms with E-state index in [0.717, 1.165) is 43.8 Å². The quantitative estimate of drug-likeness (QED) is 0.762. The van der Waals surface area contributed by atoms with Crippen LogP contribution in [0.5, 0.6) is 0 Å². The van der Waals surface area contributed by atoms with Crippen LogP contribution in [0.15, 0.2) is 24.4 Å². The Morgan fingerprint density at radius 1 is 1.27 bits per heavy atom. The van der Waals surface area contributed by atoms with Gasteiger partial charge in [0.05, 0.1) is 5.69 Å². The van der Waals surface area contributed by atoms with Crippen LogP contribution in [-0.2, 0) is 0 Å². The molecule has 1 N–H and O–H groups in total. The summed E-state index contributed by atoms with van der Waals surface area (Å²) in [7, 11) is 0. The fraction of sp³-hybridized carbons (Fsp3) is 0.529. The molecule has 2 aromatic heterocycles. The zero-order valence-electron chi connectivity index (χ0n) is 13.8. The first-order valence-electron chi connectivity index (χ1n) is 8.11. The van der Waals surface area contributed by atoms with Crippen molar-refractivity contribution in [1.29, 1.82) is 0 Å². The van der Waals surface area contributed by atoms with E-state index in [0.29, 0.717) is 12.2 Å². The van der Waals surface area contributed by atoms with Gasteiger partial charge in [0.15, 0.2) is 0 Å². The van der Waals surface area contributed by atoms with E-state index in [9.17, 15) is 4.79 Å². The van der Waals surface area contributed by atoms with E-state index in [-0.39, 0.29) is 5.91 Å². The number of unbranched alkanes of at least 4 members (excludes halogenated alkanes) is 1. The number of imidazole rings is 1. The van der Waals surface area contributed by atoms with Gasteiger partial charge in [0, 0.05) is 12.7 Å². The van der Waals surface area contributed by atoms with Gasteiger partial charge in [-0.3, -0.25) is 9.20 Å². The Labute approximate surface area is 132 Å². The molecule has 0 aliphatic rings. The van der Waals surface area contributed by atoms with Crippen molar-refractivity contribution < 1.29 is 4.79 Å². The summed E-state index contributed by atoms with van der Waals surface area (Å²) in [5.41, 5.74) is 2.22. The van der Waals surface area contributed by atoms with Gasteiger partial charge in [-0.2, -0.15) is 0 Å². The number of carbonyl (C=O) groups excluding carboxylic acids is 1. The molecule has 22 heavy (non-hydrogen) atoms. The summed E-state index contributed by atoms with van der Waals surface area (Å²) in [5, 5.41) is 3.01. The highest BCUT2D eigenvalue weighted by atomic mass is 16.1.